The zero-order valence-electron chi connectivity index (χ0n) is 17.1. The van der Waals surface area contributed by atoms with Gasteiger partial charge in [0.15, 0.2) is 0 Å². The van der Waals surface area contributed by atoms with Crippen LogP contribution >= 0.6 is 0 Å². The molecule has 156 valence electrons. The van der Waals surface area contributed by atoms with Gasteiger partial charge in [-0.2, -0.15) is 5.10 Å². The summed E-state index contributed by atoms with van der Waals surface area (Å²) in [7, 11) is 1.56. The summed E-state index contributed by atoms with van der Waals surface area (Å²) in [5.74, 6) is -1.04. The second kappa shape index (κ2) is 9.21. The molecule has 0 spiro atoms. The maximum absolute atomic E-state index is 13.1. The molecule has 30 heavy (non-hydrogen) atoms. The largest absolute Gasteiger partial charge is 0.461 e. The average molecular weight is 408 g/mol. The van der Waals surface area contributed by atoms with Crippen molar-refractivity contribution in [3.8, 4) is 0 Å². The Morgan fingerprint density at radius 1 is 1.17 bits per heavy atom. The van der Waals surface area contributed by atoms with Gasteiger partial charge in [-0.05, 0) is 49.7 Å². The molecule has 2 N–H and O–H groups in total. The lowest BCUT2D eigenvalue weighted by Gasteiger charge is -2.23. The summed E-state index contributed by atoms with van der Waals surface area (Å²) in [5, 5.41) is 11.4. The molecule has 1 atom stereocenters. The molecule has 8 nitrogen and oxygen atoms in total. The van der Waals surface area contributed by atoms with Gasteiger partial charge in [-0.25, -0.2) is 4.79 Å². The van der Waals surface area contributed by atoms with Crippen molar-refractivity contribution in [1.82, 2.24) is 5.32 Å². The van der Waals surface area contributed by atoms with Gasteiger partial charge in [0.1, 0.15) is 11.8 Å². The van der Waals surface area contributed by atoms with Crippen LogP contribution in [0, 0.1) is 6.92 Å². The summed E-state index contributed by atoms with van der Waals surface area (Å²) in [6, 6.07) is 13.5. The zero-order chi connectivity index (χ0) is 21.7. The van der Waals surface area contributed by atoms with Crippen LogP contribution in [0.25, 0.3) is 0 Å². The molecule has 2 aromatic carbocycles. The molecule has 2 amide bonds. The molecule has 0 bridgehead atoms. The third-order valence-corrected chi connectivity index (χ3v) is 4.72. The van der Waals surface area contributed by atoms with Gasteiger partial charge in [0.05, 0.1) is 12.3 Å². The molecule has 3 rings (SSSR count). The van der Waals surface area contributed by atoms with Gasteiger partial charge in [0.25, 0.3) is 5.91 Å². The number of amides is 2. The van der Waals surface area contributed by atoms with E-state index in [4.69, 9.17) is 4.74 Å². The number of nitrogens with one attached hydrogen (secondary N) is 2. The predicted octanol–water partition coefficient (Wildman–Crippen LogP) is 2.49. The molecule has 1 aliphatic heterocycles. The molecule has 1 heterocycles. The summed E-state index contributed by atoms with van der Waals surface area (Å²) < 4.78 is 5.06. The quantitative estimate of drug-likeness (QED) is 0.716. The summed E-state index contributed by atoms with van der Waals surface area (Å²) in [4.78, 5) is 37.1. The number of aryl methyl sites for hydroxylation is 1. The van der Waals surface area contributed by atoms with E-state index in [-0.39, 0.29) is 30.6 Å². The zero-order valence-corrected chi connectivity index (χ0v) is 17.1. The third kappa shape index (κ3) is 4.48. The molecule has 1 unspecified atom stereocenters. The van der Waals surface area contributed by atoms with Crippen molar-refractivity contribution in [2.75, 3.05) is 24.0 Å². The summed E-state index contributed by atoms with van der Waals surface area (Å²) >= 11 is 0. The summed E-state index contributed by atoms with van der Waals surface area (Å²) in [6.07, 6.45) is 0.134. The van der Waals surface area contributed by atoms with Crippen LogP contribution in [0.4, 0.5) is 11.4 Å². The van der Waals surface area contributed by atoms with E-state index >= 15 is 0 Å². The fraction of sp³-hybridized carbons (Fsp3) is 0.273. The van der Waals surface area contributed by atoms with Crippen molar-refractivity contribution < 1.29 is 19.1 Å². The number of para-hydroxylation sites is 1. The van der Waals surface area contributed by atoms with Gasteiger partial charge in [-0.3, -0.25) is 14.6 Å². The first-order chi connectivity index (χ1) is 14.4. The van der Waals surface area contributed by atoms with E-state index in [9.17, 15) is 14.4 Å². The number of hydrazone groups is 1. The number of nitrogens with zero attached hydrogens (tertiary/aromatic N) is 2. The standard InChI is InChI=1S/C22H24N4O4/c1-4-30-22(29)18-13-19(26(25-18)16-8-6-5-7-9-16)21(28)24-17-11-10-15(12-14(17)2)20(27)23-3/h5-12,19H,4,13H2,1-3H3,(H,23,27)(H,24,28). The molecular weight excluding hydrogens is 384 g/mol. The molecule has 0 saturated carbocycles. The molecule has 0 aliphatic carbocycles. The SMILES string of the molecule is CCOC(=O)C1=NN(c2ccccc2)C(C(=O)Nc2ccc(C(=O)NC)cc2C)C1. The number of carbonyl (C=O) groups is 3. The van der Waals surface area contributed by atoms with Crippen LogP contribution in [0.15, 0.2) is 53.6 Å². The summed E-state index contributed by atoms with van der Waals surface area (Å²) in [5.41, 5.74) is 2.74. The van der Waals surface area contributed by atoms with Gasteiger partial charge in [0, 0.05) is 24.7 Å². The minimum atomic E-state index is -0.704. The van der Waals surface area contributed by atoms with Crippen LogP contribution in [-0.2, 0) is 14.3 Å². The first kappa shape index (κ1) is 21.0. The average Bonchev–Trinajstić information content (AvgIpc) is 3.21. The van der Waals surface area contributed by atoms with E-state index in [1.807, 2.05) is 37.3 Å². The number of hydrogen-bond acceptors (Lipinski definition) is 6. The Morgan fingerprint density at radius 2 is 1.90 bits per heavy atom. The van der Waals surface area contributed by atoms with Crippen LogP contribution < -0.4 is 15.6 Å². The fourth-order valence-corrected chi connectivity index (χ4v) is 3.18. The van der Waals surface area contributed by atoms with Gasteiger partial charge in [-0.1, -0.05) is 18.2 Å². The van der Waals surface area contributed by atoms with Crippen molar-refractivity contribution in [3.05, 3.63) is 59.7 Å². The fourth-order valence-electron chi connectivity index (χ4n) is 3.18. The lowest BCUT2D eigenvalue weighted by Crippen LogP contribution is -2.39. The van der Waals surface area contributed by atoms with E-state index in [0.29, 0.717) is 16.9 Å². The molecular formula is C22H24N4O4. The number of anilines is 2. The number of benzene rings is 2. The van der Waals surface area contributed by atoms with E-state index in [1.54, 1.807) is 32.2 Å². The van der Waals surface area contributed by atoms with Crippen LogP contribution in [0.1, 0.15) is 29.3 Å². The van der Waals surface area contributed by atoms with Crippen LogP contribution in [0.5, 0.6) is 0 Å². The second-order valence-corrected chi connectivity index (χ2v) is 6.77. The first-order valence-corrected chi connectivity index (χ1v) is 9.67. The minimum absolute atomic E-state index is 0.134. The van der Waals surface area contributed by atoms with E-state index in [0.717, 1.165) is 5.56 Å². The first-order valence-electron chi connectivity index (χ1n) is 9.67. The second-order valence-electron chi connectivity index (χ2n) is 6.77. The Hall–Kier alpha value is -3.68. The van der Waals surface area contributed by atoms with Crippen molar-refractivity contribution in [2.24, 2.45) is 5.10 Å². The Morgan fingerprint density at radius 3 is 2.53 bits per heavy atom. The van der Waals surface area contributed by atoms with Gasteiger partial charge in [0.2, 0.25) is 5.91 Å². The Labute approximate surface area is 174 Å². The van der Waals surface area contributed by atoms with Crippen LogP contribution in [0.2, 0.25) is 0 Å². The van der Waals surface area contributed by atoms with Gasteiger partial charge >= 0.3 is 5.97 Å². The minimum Gasteiger partial charge on any atom is -0.461 e. The molecule has 0 aromatic heterocycles. The molecule has 0 saturated heterocycles. The Bertz CT molecular complexity index is 988. The normalized spacial score (nSPS) is 15.4. The Kier molecular flexibility index (Phi) is 6.46. The van der Waals surface area contributed by atoms with Gasteiger partial charge in [-0.15, -0.1) is 0 Å². The topological polar surface area (TPSA) is 100 Å². The maximum Gasteiger partial charge on any atom is 0.354 e. The highest BCUT2D eigenvalue weighted by atomic mass is 16.5. The van der Waals surface area contributed by atoms with E-state index in [2.05, 4.69) is 15.7 Å². The smallest absolute Gasteiger partial charge is 0.354 e. The molecule has 2 aromatic rings. The highest BCUT2D eigenvalue weighted by Gasteiger charge is 2.37. The lowest BCUT2D eigenvalue weighted by molar-refractivity contribution is -0.135. The Balaban J connectivity index is 1.83. The maximum atomic E-state index is 13.1. The van der Waals surface area contributed by atoms with Crippen molar-refractivity contribution in [2.45, 2.75) is 26.3 Å². The third-order valence-electron chi connectivity index (χ3n) is 4.72. The summed E-state index contributed by atoms with van der Waals surface area (Å²) in [6.45, 7) is 3.76. The highest BCUT2D eigenvalue weighted by molar-refractivity contribution is 6.38. The van der Waals surface area contributed by atoms with Gasteiger partial charge < -0.3 is 15.4 Å². The molecule has 8 heteroatoms. The van der Waals surface area contributed by atoms with Crippen LogP contribution in [0.3, 0.4) is 0 Å². The van der Waals surface area contributed by atoms with Crippen molar-refractivity contribution >= 4 is 34.9 Å². The van der Waals surface area contributed by atoms with Crippen LogP contribution in [-0.4, -0.2) is 43.2 Å². The lowest BCUT2D eigenvalue weighted by atomic mass is 10.1. The molecule has 0 fully saturated rings. The number of esters is 1. The van der Waals surface area contributed by atoms with E-state index in [1.165, 1.54) is 5.01 Å². The molecule has 0 radical (unpaired) electrons. The van der Waals surface area contributed by atoms with Crippen molar-refractivity contribution in [3.63, 3.8) is 0 Å². The highest BCUT2D eigenvalue weighted by Crippen LogP contribution is 2.26. The molecule has 1 aliphatic rings. The monoisotopic (exact) mass is 408 g/mol. The number of ether oxygens (including phenoxy) is 1. The van der Waals surface area contributed by atoms with Crippen molar-refractivity contribution in [1.29, 1.82) is 0 Å². The number of hydrogen-bond donors (Lipinski definition) is 2. The number of carbonyl (C=O) groups excluding carboxylic acids is 3. The number of rotatable bonds is 6. The van der Waals surface area contributed by atoms with E-state index < -0.39 is 12.0 Å². The predicted molar refractivity (Wildman–Crippen MR) is 115 cm³/mol.